The molecule has 0 aliphatic heterocycles. The van der Waals surface area contributed by atoms with Crippen molar-refractivity contribution in [3.8, 4) is 0 Å². The summed E-state index contributed by atoms with van der Waals surface area (Å²) in [6, 6.07) is 18.2. The Kier molecular flexibility index (Phi) is 4.88. The molecule has 0 fully saturated rings. The summed E-state index contributed by atoms with van der Waals surface area (Å²) in [6.45, 7) is 2.78. The molecule has 0 amide bonds. The molecule has 3 rings (SSSR count). The number of anilines is 3. The number of nitrogens with zero attached hydrogens (tertiary/aromatic N) is 2. The van der Waals surface area contributed by atoms with E-state index in [4.69, 9.17) is 0 Å². The summed E-state index contributed by atoms with van der Waals surface area (Å²) in [6.07, 6.45) is 1.74. The first-order valence-corrected chi connectivity index (χ1v) is 8.13. The van der Waals surface area contributed by atoms with E-state index in [2.05, 4.69) is 67.7 Å². The standard InChI is InChI=1S/C18H17BrN4/c1-13-2-4-14(5-3-13)12-21-18-20-11-10-17(23-18)22-16-8-6-15(19)7-9-16/h2-11H,12H2,1H3,(H2,20,21,22,23). The first kappa shape index (κ1) is 15.5. The molecule has 0 saturated heterocycles. The average Bonchev–Trinajstić information content (AvgIpc) is 2.57. The Labute approximate surface area is 144 Å². The van der Waals surface area contributed by atoms with Crippen molar-refractivity contribution in [2.75, 3.05) is 10.6 Å². The van der Waals surface area contributed by atoms with Gasteiger partial charge in [0.15, 0.2) is 0 Å². The third-order valence-corrected chi connectivity index (χ3v) is 3.87. The highest BCUT2D eigenvalue weighted by molar-refractivity contribution is 9.10. The van der Waals surface area contributed by atoms with Crippen molar-refractivity contribution in [2.45, 2.75) is 13.5 Å². The van der Waals surface area contributed by atoms with Gasteiger partial charge in [-0.15, -0.1) is 0 Å². The smallest absolute Gasteiger partial charge is 0.224 e. The molecule has 1 aromatic heterocycles. The number of benzene rings is 2. The van der Waals surface area contributed by atoms with Crippen molar-refractivity contribution in [3.05, 3.63) is 76.4 Å². The third-order valence-electron chi connectivity index (χ3n) is 3.34. The molecule has 2 aromatic carbocycles. The largest absolute Gasteiger partial charge is 0.350 e. The van der Waals surface area contributed by atoms with E-state index < -0.39 is 0 Å². The Bertz CT molecular complexity index is 770. The lowest BCUT2D eigenvalue weighted by atomic mass is 10.1. The topological polar surface area (TPSA) is 49.8 Å². The van der Waals surface area contributed by atoms with Crippen molar-refractivity contribution in [1.29, 1.82) is 0 Å². The molecule has 0 aliphatic carbocycles. The second-order valence-corrected chi connectivity index (χ2v) is 6.15. The van der Waals surface area contributed by atoms with Gasteiger partial charge in [0, 0.05) is 22.9 Å². The second kappa shape index (κ2) is 7.24. The van der Waals surface area contributed by atoms with Crippen molar-refractivity contribution in [2.24, 2.45) is 0 Å². The van der Waals surface area contributed by atoms with E-state index in [0.29, 0.717) is 12.5 Å². The third kappa shape index (κ3) is 4.53. The molecule has 0 atom stereocenters. The van der Waals surface area contributed by atoms with E-state index in [1.54, 1.807) is 6.20 Å². The maximum absolute atomic E-state index is 4.48. The van der Waals surface area contributed by atoms with Gasteiger partial charge in [-0.2, -0.15) is 4.98 Å². The first-order chi connectivity index (χ1) is 11.2. The molecule has 0 spiro atoms. The lowest BCUT2D eigenvalue weighted by molar-refractivity contribution is 1.05. The highest BCUT2D eigenvalue weighted by Gasteiger charge is 2.01. The van der Waals surface area contributed by atoms with Crippen molar-refractivity contribution in [3.63, 3.8) is 0 Å². The fraction of sp³-hybridized carbons (Fsp3) is 0.111. The van der Waals surface area contributed by atoms with E-state index in [1.807, 2.05) is 30.3 Å². The van der Waals surface area contributed by atoms with E-state index in [0.717, 1.165) is 16.0 Å². The van der Waals surface area contributed by atoms with Crippen LogP contribution in [0.3, 0.4) is 0 Å². The zero-order valence-corrected chi connectivity index (χ0v) is 14.3. The van der Waals surface area contributed by atoms with Crippen molar-refractivity contribution < 1.29 is 0 Å². The molecule has 5 heteroatoms. The molecular weight excluding hydrogens is 352 g/mol. The molecule has 2 N–H and O–H groups in total. The normalized spacial score (nSPS) is 10.3. The van der Waals surface area contributed by atoms with Gasteiger partial charge in [0.25, 0.3) is 0 Å². The van der Waals surface area contributed by atoms with Crippen LogP contribution < -0.4 is 10.6 Å². The van der Waals surface area contributed by atoms with Crippen LogP contribution in [0.25, 0.3) is 0 Å². The highest BCUT2D eigenvalue weighted by atomic mass is 79.9. The maximum Gasteiger partial charge on any atom is 0.224 e. The number of nitrogens with one attached hydrogen (secondary N) is 2. The predicted molar refractivity (Wildman–Crippen MR) is 98.0 cm³/mol. The Hall–Kier alpha value is -2.40. The lowest BCUT2D eigenvalue weighted by Gasteiger charge is -2.09. The van der Waals surface area contributed by atoms with Crippen LogP contribution in [0.4, 0.5) is 17.5 Å². The number of hydrogen-bond donors (Lipinski definition) is 2. The molecule has 4 nitrogen and oxygen atoms in total. The van der Waals surface area contributed by atoms with Crippen LogP contribution in [-0.2, 0) is 6.54 Å². The molecule has 0 radical (unpaired) electrons. The molecule has 0 saturated carbocycles. The van der Waals surface area contributed by atoms with E-state index in [-0.39, 0.29) is 0 Å². The highest BCUT2D eigenvalue weighted by Crippen LogP contribution is 2.18. The monoisotopic (exact) mass is 368 g/mol. The summed E-state index contributed by atoms with van der Waals surface area (Å²) < 4.78 is 1.05. The minimum absolute atomic E-state index is 0.604. The molecule has 3 aromatic rings. The van der Waals surface area contributed by atoms with Crippen LogP contribution in [-0.4, -0.2) is 9.97 Å². The van der Waals surface area contributed by atoms with E-state index in [1.165, 1.54) is 11.1 Å². The van der Waals surface area contributed by atoms with Crippen LogP contribution >= 0.6 is 15.9 Å². The van der Waals surface area contributed by atoms with Gasteiger partial charge in [-0.05, 0) is 42.8 Å². The van der Waals surface area contributed by atoms with Crippen LogP contribution in [0, 0.1) is 6.92 Å². The van der Waals surface area contributed by atoms with Crippen LogP contribution in [0.2, 0.25) is 0 Å². The Balaban J connectivity index is 1.65. The Morgan fingerprint density at radius 2 is 1.70 bits per heavy atom. The van der Waals surface area contributed by atoms with Crippen LogP contribution in [0.5, 0.6) is 0 Å². The maximum atomic E-state index is 4.48. The molecular formula is C18H17BrN4. The molecule has 23 heavy (non-hydrogen) atoms. The zero-order valence-electron chi connectivity index (χ0n) is 12.8. The van der Waals surface area contributed by atoms with Gasteiger partial charge in [-0.1, -0.05) is 45.8 Å². The van der Waals surface area contributed by atoms with Gasteiger partial charge in [0.2, 0.25) is 5.95 Å². The fourth-order valence-corrected chi connectivity index (χ4v) is 2.35. The average molecular weight is 369 g/mol. The van der Waals surface area contributed by atoms with Gasteiger partial charge in [0.05, 0.1) is 0 Å². The molecule has 116 valence electrons. The quantitative estimate of drug-likeness (QED) is 0.672. The summed E-state index contributed by atoms with van der Waals surface area (Å²) in [4.78, 5) is 8.74. The summed E-state index contributed by atoms with van der Waals surface area (Å²) in [5.41, 5.74) is 3.44. The van der Waals surface area contributed by atoms with Gasteiger partial charge >= 0.3 is 0 Å². The minimum atomic E-state index is 0.604. The number of aryl methyl sites for hydroxylation is 1. The number of halogens is 1. The Morgan fingerprint density at radius 1 is 0.957 bits per heavy atom. The van der Waals surface area contributed by atoms with Crippen LogP contribution in [0.1, 0.15) is 11.1 Å². The molecule has 0 bridgehead atoms. The minimum Gasteiger partial charge on any atom is -0.350 e. The Morgan fingerprint density at radius 3 is 2.43 bits per heavy atom. The van der Waals surface area contributed by atoms with Gasteiger partial charge in [-0.3, -0.25) is 0 Å². The SMILES string of the molecule is Cc1ccc(CNc2nccc(Nc3ccc(Br)cc3)n2)cc1. The fourth-order valence-electron chi connectivity index (χ4n) is 2.08. The molecule has 0 unspecified atom stereocenters. The van der Waals surface area contributed by atoms with E-state index in [9.17, 15) is 0 Å². The van der Waals surface area contributed by atoms with Crippen LogP contribution in [0.15, 0.2) is 65.3 Å². The zero-order chi connectivity index (χ0) is 16.1. The first-order valence-electron chi connectivity index (χ1n) is 7.34. The van der Waals surface area contributed by atoms with Crippen molar-refractivity contribution in [1.82, 2.24) is 9.97 Å². The summed E-state index contributed by atoms with van der Waals surface area (Å²) in [5, 5.41) is 6.51. The molecule has 1 heterocycles. The van der Waals surface area contributed by atoms with Gasteiger partial charge in [0.1, 0.15) is 5.82 Å². The van der Waals surface area contributed by atoms with Crippen molar-refractivity contribution >= 4 is 33.4 Å². The van der Waals surface area contributed by atoms with Gasteiger partial charge < -0.3 is 10.6 Å². The lowest BCUT2D eigenvalue weighted by Crippen LogP contribution is -2.04. The van der Waals surface area contributed by atoms with E-state index >= 15 is 0 Å². The van der Waals surface area contributed by atoms with Gasteiger partial charge in [-0.25, -0.2) is 4.98 Å². The number of rotatable bonds is 5. The second-order valence-electron chi connectivity index (χ2n) is 5.24. The number of hydrogen-bond acceptors (Lipinski definition) is 4. The molecule has 0 aliphatic rings. The summed E-state index contributed by atoms with van der Waals surface area (Å²) >= 11 is 3.43. The summed E-state index contributed by atoms with van der Waals surface area (Å²) in [7, 11) is 0. The summed E-state index contributed by atoms with van der Waals surface area (Å²) in [5.74, 6) is 1.36. The predicted octanol–water partition coefficient (Wildman–Crippen LogP) is 4.90. The number of aromatic nitrogens is 2.